The van der Waals surface area contributed by atoms with Crippen molar-refractivity contribution in [1.29, 1.82) is 0 Å². The number of hydrogen-bond donors (Lipinski definition) is 1. The number of piperazine rings is 1. The fourth-order valence-electron chi connectivity index (χ4n) is 2.60. The Hall–Kier alpha value is -2.48. The second-order valence-corrected chi connectivity index (χ2v) is 6.68. The summed E-state index contributed by atoms with van der Waals surface area (Å²) in [6, 6.07) is 3.72. The number of aromatic nitrogens is 4. The standard InChI is InChI=1S/C16H22N6O2/c1-16(2,3)24-15(23)21-7-6-17-9-13(21)12-4-5-14(19-8-12)22-11-18-10-20-22/h4-5,8,10-11,13,17H,6-7,9H2,1-3H3. The van der Waals surface area contributed by atoms with E-state index >= 15 is 0 Å². The molecule has 1 N–H and O–H groups in total. The molecule has 2 aromatic rings. The third-order valence-electron chi connectivity index (χ3n) is 3.68. The largest absolute Gasteiger partial charge is 0.444 e. The first-order chi connectivity index (χ1) is 11.4. The first kappa shape index (κ1) is 16.4. The van der Waals surface area contributed by atoms with Crippen molar-refractivity contribution in [1.82, 2.24) is 30.0 Å². The molecule has 1 unspecified atom stereocenters. The lowest BCUT2D eigenvalue weighted by molar-refractivity contribution is 0.0117. The number of pyridine rings is 1. The highest BCUT2D eigenvalue weighted by Gasteiger charge is 2.31. The first-order valence-corrected chi connectivity index (χ1v) is 7.95. The number of carbonyl (C=O) groups excluding carboxylic acids is 1. The molecular weight excluding hydrogens is 308 g/mol. The predicted octanol–water partition coefficient (Wildman–Crippen LogP) is 1.54. The van der Waals surface area contributed by atoms with Crippen molar-refractivity contribution in [3.63, 3.8) is 0 Å². The van der Waals surface area contributed by atoms with E-state index in [9.17, 15) is 4.79 Å². The molecule has 8 nitrogen and oxygen atoms in total. The molecule has 0 bridgehead atoms. The molecule has 3 heterocycles. The van der Waals surface area contributed by atoms with Gasteiger partial charge >= 0.3 is 6.09 Å². The van der Waals surface area contributed by atoms with E-state index in [0.717, 1.165) is 12.1 Å². The van der Waals surface area contributed by atoms with Gasteiger partial charge in [-0.2, -0.15) is 5.10 Å². The van der Waals surface area contributed by atoms with Crippen LogP contribution < -0.4 is 5.32 Å². The molecule has 0 saturated carbocycles. The zero-order chi connectivity index (χ0) is 17.2. The van der Waals surface area contributed by atoms with Gasteiger partial charge in [0, 0.05) is 25.8 Å². The lowest BCUT2D eigenvalue weighted by Gasteiger charge is -2.37. The molecule has 0 aromatic carbocycles. The van der Waals surface area contributed by atoms with Crippen LogP contribution in [-0.2, 0) is 4.74 Å². The van der Waals surface area contributed by atoms with Crippen molar-refractivity contribution in [2.45, 2.75) is 32.4 Å². The first-order valence-electron chi connectivity index (χ1n) is 7.95. The Kier molecular flexibility index (Phi) is 4.48. The fourth-order valence-corrected chi connectivity index (χ4v) is 2.60. The molecule has 1 saturated heterocycles. The van der Waals surface area contributed by atoms with E-state index < -0.39 is 5.60 Å². The molecule has 1 fully saturated rings. The summed E-state index contributed by atoms with van der Waals surface area (Å²) in [6.07, 6.45) is 4.53. The van der Waals surface area contributed by atoms with Gasteiger partial charge in [-0.15, -0.1) is 0 Å². The maximum atomic E-state index is 12.5. The van der Waals surface area contributed by atoms with Gasteiger partial charge in [-0.3, -0.25) is 4.90 Å². The normalized spacial score (nSPS) is 18.5. The molecule has 0 radical (unpaired) electrons. The van der Waals surface area contributed by atoms with Gasteiger partial charge in [0.05, 0.1) is 6.04 Å². The Morgan fingerprint density at radius 2 is 2.21 bits per heavy atom. The van der Waals surface area contributed by atoms with E-state index in [-0.39, 0.29) is 12.1 Å². The van der Waals surface area contributed by atoms with Crippen LogP contribution in [0.15, 0.2) is 31.0 Å². The van der Waals surface area contributed by atoms with Crippen LogP contribution in [-0.4, -0.2) is 56.0 Å². The summed E-state index contributed by atoms with van der Waals surface area (Å²) >= 11 is 0. The summed E-state index contributed by atoms with van der Waals surface area (Å²) in [7, 11) is 0. The van der Waals surface area contributed by atoms with Gasteiger partial charge in [-0.1, -0.05) is 6.07 Å². The Labute approximate surface area is 140 Å². The fraction of sp³-hybridized carbons (Fsp3) is 0.500. The van der Waals surface area contributed by atoms with Crippen molar-refractivity contribution in [2.75, 3.05) is 19.6 Å². The van der Waals surface area contributed by atoms with Crippen molar-refractivity contribution >= 4 is 6.09 Å². The third-order valence-corrected chi connectivity index (χ3v) is 3.68. The van der Waals surface area contributed by atoms with Crippen LogP contribution in [0.3, 0.4) is 0 Å². The van der Waals surface area contributed by atoms with Crippen LogP contribution >= 0.6 is 0 Å². The third kappa shape index (κ3) is 3.70. The Bertz CT molecular complexity index is 678. The van der Waals surface area contributed by atoms with E-state index in [0.29, 0.717) is 18.9 Å². The number of nitrogens with one attached hydrogen (secondary N) is 1. The maximum absolute atomic E-state index is 12.5. The minimum atomic E-state index is -0.512. The Morgan fingerprint density at radius 1 is 1.38 bits per heavy atom. The van der Waals surface area contributed by atoms with Gasteiger partial charge in [-0.25, -0.2) is 19.4 Å². The molecule has 1 aliphatic rings. The van der Waals surface area contributed by atoms with Gasteiger partial charge in [0.1, 0.15) is 18.3 Å². The van der Waals surface area contributed by atoms with Crippen molar-refractivity contribution in [3.05, 3.63) is 36.5 Å². The molecule has 3 rings (SSSR count). The molecule has 128 valence electrons. The summed E-state index contributed by atoms with van der Waals surface area (Å²) in [5, 5.41) is 7.38. The van der Waals surface area contributed by atoms with Gasteiger partial charge < -0.3 is 10.1 Å². The molecule has 1 amide bonds. The number of carbonyl (C=O) groups is 1. The lowest BCUT2D eigenvalue weighted by atomic mass is 10.1. The number of nitrogens with zero attached hydrogens (tertiary/aromatic N) is 5. The van der Waals surface area contributed by atoms with Crippen molar-refractivity contribution < 1.29 is 9.53 Å². The summed E-state index contributed by atoms with van der Waals surface area (Å²) in [6.45, 7) is 7.64. The minimum Gasteiger partial charge on any atom is -0.444 e. The van der Waals surface area contributed by atoms with Crippen molar-refractivity contribution in [2.24, 2.45) is 0 Å². The molecule has 0 spiro atoms. The van der Waals surface area contributed by atoms with E-state index in [1.165, 1.54) is 6.33 Å². The van der Waals surface area contributed by atoms with Crippen LogP contribution in [0.2, 0.25) is 0 Å². The van der Waals surface area contributed by atoms with Crippen LogP contribution in [0.25, 0.3) is 5.82 Å². The van der Waals surface area contributed by atoms with E-state index in [1.807, 2.05) is 32.9 Å². The Morgan fingerprint density at radius 3 is 2.83 bits per heavy atom. The summed E-state index contributed by atoms with van der Waals surface area (Å²) < 4.78 is 7.12. The summed E-state index contributed by atoms with van der Waals surface area (Å²) in [5.74, 6) is 0.684. The average molecular weight is 330 g/mol. The number of rotatable bonds is 2. The summed E-state index contributed by atoms with van der Waals surface area (Å²) in [5.41, 5.74) is 0.443. The number of amides is 1. The average Bonchev–Trinajstić information content (AvgIpc) is 3.08. The highest BCUT2D eigenvalue weighted by Crippen LogP contribution is 2.24. The molecule has 8 heteroatoms. The topological polar surface area (TPSA) is 85.2 Å². The molecule has 2 aromatic heterocycles. The van der Waals surface area contributed by atoms with Gasteiger partial charge in [0.25, 0.3) is 0 Å². The molecule has 0 aliphatic carbocycles. The molecule has 24 heavy (non-hydrogen) atoms. The SMILES string of the molecule is CC(C)(C)OC(=O)N1CCNCC1c1ccc(-n2cncn2)nc1. The predicted molar refractivity (Wildman–Crippen MR) is 87.7 cm³/mol. The molecular formula is C16H22N6O2. The van der Waals surface area contributed by atoms with Gasteiger partial charge in [0.2, 0.25) is 0 Å². The zero-order valence-electron chi connectivity index (χ0n) is 14.1. The van der Waals surface area contributed by atoms with Crippen LogP contribution in [0.4, 0.5) is 4.79 Å². The van der Waals surface area contributed by atoms with E-state index in [4.69, 9.17) is 4.74 Å². The van der Waals surface area contributed by atoms with Crippen LogP contribution in [0.1, 0.15) is 32.4 Å². The zero-order valence-corrected chi connectivity index (χ0v) is 14.1. The van der Waals surface area contributed by atoms with Gasteiger partial charge in [-0.05, 0) is 32.4 Å². The van der Waals surface area contributed by atoms with E-state index in [1.54, 1.807) is 22.1 Å². The Balaban J connectivity index is 1.79. The van der Waals surface area contributed by atoms with E-state index in [2.05, 4.69) is 20.4 Å². The highest BCUT2D eigenvalue weighted by molar-refractivity contribution is 5.69. The van der Waals surface area contributed by atoms with Crippen LogP contribution in [0.5, 0.6) is 0 Å². The second-order valence-electron chi connectivity index (χ2n) is 6.68. The van der Waals surface area contributed by atoms with Gasteiger partial charge in [0.15, 0.2) is 5.82 Å². The number of ether oxygens (including phenoxy) is 1. The summed E-state index contributed by atoms with van der Waals surface area (Å²) in [4.78, 5) is 22.6. The lowest BCUT2D eigenvalue weighted by Crippen LogP contribution is -2.50. The molecule has 1 atom stereocenters. The quantitative estimate of drug-likeness (QED) is 0.899. The maximum Gasteiger partial charge on any atom is 0.410 e. The minimum absolute atomic E-state index is 0.106. The highest BCUT2D eigenvalue weighted by atomic mass is 16.6. The van der Waals surface area contributed by atoms with Crippen LogP contribution in [0, 0.1) is 0 Å². The second kappa shape index (κ2) is 6.56. The molecule has 1 aliphatic heterocycles. The van der Waals surface area contributed by atoms with Crippen molar-refractivity contribution in [3.8, 4) is 5.82 Å². The number of hydrogen-bond acceptors (Lipinski definition) is 6. The smallest absolute Gasteiger partial charge is 0.410 e. The monoisotopic (exact) mass is 330 g/mol.